The van der Waals surface area contributed by atoms with Crippen molar-refractivity contribution in [2.75, 3.05) is 87.9 Å². The molecular formula is C69H125N13O13S. The van der Waals surface area contributed by atoms with E-state index in [1.165, 1.54) is 104 Å². The number of ether oxygens (including phenoxy) is 1. The maximum atomic E-state index is 15.3. The Morgan fingerprint density at radius 3 is 1.44 bits per heavy atom. The van der Waals surface area contributed by atoms with Crippen LogP contribution in [-0.2, 0) is 57.5 Å². The monoisotopic (exact) mass is 1380 g/mol. The second-order valence-electron chi connectivity index (χ2n) is 28.9. The molecule has 2 unspecified atom stereocenters. The molecule has 0 radical (unpaired) electrons. The SMILES string of the molecule is C/C=C/C[C@@H](C)[C@@H](O)C1C(=O)NN[C@@H](CC)C(=O)N(C)C(SCCCN2CCOCC2)C(=O)N(C)[C@@H](CC(C)C)C(=O)N[C@@H](C(C)C)C(=O)N(C)[C@@H](CC(C)C)C(=O)N[C@@H](C)C(=O)N[C@H](C)C(=O)N(C)[C@@H](CC(C)C)C(=O)N(C)[C@@H](CC(C)C)C(=O)N(C)[C@@H](C(C)C)C(=O)N1C. The minimum absolute atomic E-state index is 0.0772. The molecule has 2 saturated heterocycles. The van der Waals surface area contributed by atoms with E-state index in [-0.39, 0.29) is 55.8 Å². The number of aliphatic hydroxyl groups excluding tert-OH is 1. The van der Waals surface area contributed by atoms with Gasteiger partial charge in [0.2, 0.25) is 53.2 Å². The van der Waals surface area contributed by atoms with Gasteiger partial charge in [0.25, 0.3) is 11.8 Å². The molecule has 0 spiro atoms. The molecule has 13 atom stereocenters. The molecule has 0 aromatic carbocycles. The summed E-state index contributed by atoms with van der Waals surface area (Å²) in [5.41, 5.74) is 5.51. The Balaban J connectivity index is 3.04. The maximum absolute atomic E-state index is 15.3. The number of allylic oxidation sites excluding steroid dienone is 2. The highest BCUT2D eigenvalue weighted by atomic mass is 32.2. The fourth-order valence-electron chi connectivity index (χ4n) is 12.2. The molecule has 2 heterocycles. The van der Waals surface area contributed by atoms with Gasteiger partial charge < -0.3 is 60.1 Å². The van der Waals surface area contributed by atoms with Gasteiger partial charge in [-0.25, -0.2) is 5.43 Å². The standard InChI is InChI=1S/C69H125N13O13S/c1-25-27-29-46(15)57(83)56-61(87)74-73-49(26-2)63(89)81(24)69(96-35-28-30-82-31-33-95-34-32-82)68(94)76(19)51(37-41(5)6)60(86)72-54(44(11)12)66(92)75(18)50(36-40(3)4)59(85)70-47(16)58(84)71-48(17)62(88)77(20)52(38-42(7)8)64(90)78(21)53(39-43(9)10)65(91)79(22)55(45(13)14)67(93)80(56)23/h25,27,40-57,69,73,83H,26,28-39H2,1-24H3,(H,70,85)(H,71,84)(H,72,86)(H,74,87)/b27-25+/t46-,47+,48-,49+,50+,51+,52+,53+,54+,55+,56?,57-,69?/m1/s1. The molecule has 0 saturated carbocycles. The Morgan fingerprint density at radius 1 is 0.510 bits per heavy atom. The number of rotatable bonds is 20. The maximum Gasteiger partial charge on any atom is 0.259 e. The minimum Gasteiger partial charge on any atom is -0.390 e. The number of morpholine rings is 1. The van der Waals surface area contributed by atoms with E-state index in [1.807, 2.05) is 68.4 Å². The molecular weight excluding hydrogens is 1250 g/mol. The predicted molar refractivity (Wildman–Crippen MR) is 375 cm³/mol. The van der Waals surface area contributed by atoms with Crippen molar-refractivity contribution in [1.29, 1.82) is 0 Å². The lowest BCUT2D eigenvalue weighted by Crippen LogP contribution is -2.64. The van der Waals surface area contributed by atoms with Crippen molar-refractivity contribution in [3.05, 3.63) is 12.2 Å². The summed E-state index contributed by atoms with van der Waals surface area (Å²) < 4.78 is 5.56. The molecule has 2 aliphatic heterocycles. The van der Waals surface area contributed by atoms with Crippen LogP contribution >= 0.6 is 11.8 Å². The molecule has 2 fully saturated rings. The van der Waals surface area contributed by atoms with Crippen molar-refractivity contribution in [3.63, 3.8) is 0 Å². The van der Waals surface area contributed by atoms with E-state index in [1.54, 1.807) is 47.6 Å². The normalized spacial score (nSPS) is 27.3. The second kappa shape index (κ2) is 40.9. The summed E-state index contributed by atoms with van der Waals surface area (Å²) in [6.07, 6.45) is 3.73. The molecule has 2 rings (SSSR count). The molecule has 0 aliphatic carbocycles. The summed E-state index contributed by atoms with van der Waals surface area (Å²) in [5.74, 6) is -9.25. The smallest absolute Gasteiger partial charge is 0.259 e. The van der Waals surface area contributed by atoms with E-state index in [0.717, 1.165) is 18.0 Å². The zero-order valence-corrected chi connectivity index (χ0v) is 63.5. The van der Waals surface area contributed by atoms with E-state index >= 15 is 24.0 Å². The zero-order valence-electron chi connectivity index (χ0n) is 62.6. The Morgan fingerprint density at radius 2 is 0.958 bits per heavy atom. The third-order valence-corrected chi connectivity index (χ3v) is 19.6. The van der Waals surface area contributed by atoms with E-state index < -0.39 is 155 Å². The first-order valence-electron chi connectivity index (χ1n) is 34.7. The van der Waals surface area contributed by atoms with Crippen LogP contribution in [0, 0.1) is 41.4 Å². The summed E-state index contributed by atoms with van der Waals surface area (Å²) in [6, 6.07) is -12.4. The second-order valence-corrected chi connectivity index (χ2v) is 30.1. The first-order valence-corrected chi connectivity index (χ1v) is 35.8. The highest BCUT2D eigenvalue weighted by molar-refractivity contribution is 8.00. The average molecular weight is 1380 g/mol. The van der Waals surface area contributed by atoms with Crippen LogP contribution < -0.4 is 26.8 Å². The average Bonchev–Trinajstić information content (AvgIpc) is 0.834. The lowest BCUT2D eigenvalue weighted by molar-refractivity contribution is -0.157. The van der Waals surface area contributed by atoms with Crippen LogP contribution in [0.15, 0.2) is 12.2 Å². The van der Waals surface area contributed by atoms with Gasteiger partial charge in [0.1, 0.15) is 60.4 Å². The number of likely N-dealkylation sites (N-methyl/N-ethyl adjacent to an activating group) is 7. The van der Waals surface area contributed by atoms with Crippen LogP contribution in [0.2, 0.25) is 0 Å². The highest BCUT2D eigenvalue weighted by Crippen LogP contribution is 2.27. The molecule has 0 aromatic heterocycles. The predicted octanol–water partition coefficient (Wildman–Crippen LogP) is 3.56. The molecule has 27 heteroatoms. The van der Waals surface area contributed by atoms with E-state index in [0.29, 0.717) is 38.4 Å². The van der Waals surface area contributed by atoms with Gasteiger partial charge in [0.15, 0.2) is 5.37 Å². The summed E-state index contributed by atoms with van der Waals surface area (Å²) in [5, 5.41) is 19.4. The lowest BCUT2D eigenvalue weighted by atomic mass is 9.91. The number of amides is 11. The number of hydrazine groups is 1. The Bertz CT molecular complexity index is 2600. The largest absolute Gasteiger partial charge is 0.390 e. The molecule has 2 aliphatic rings. The van der Waals surface area contributed by atoms with Gasteiger partial charge in [0.05, 0.1) is 19.3 Å². The number of aliphatic hydroxyl groups is 1. The van der Waals surface area contributed by atoms with Gasteiger partial charge >= 0.3 is 0 Å². The van der Waals surface area contributed by atoms with Crippen LogP contribution in [-0.4, -0.2) is 269 Å². The fraction of sp³-hybridized carbons (Fsp3) is 0.812. The third-order valence-electron chi connectivity index (χ3n) is 18.2. The fourth-order valence-corrected chi connectivity index (χ4v) is 13.3. The van der Waals surface area contributed by atoms with Gasteiger partial charge in [-0.05, 0) is 119 Å². The molecule has 96 heavy (non-hydrogen) atoms. The van der Waals surface area contributed by atoms with Crippen molar-refractivity contribution >= 4 is 76.7 Å². The summed E-state index contributed by atoms with van der Waals surface area (Å²) in [7, 11) is 10.1. The number of nitrogens with one attached hydrogen (secondary N) is 5. The van der Waals surface area contributed by atoms with Crippen LogP contribution in [0.5, 0.6) is 0 Å². The summed E-state index contributed by atoms with van der Waals surface area (Å²) in [4.78, 5) is 175. The van der Waals surface area contributed by atoms with Crippen molar-refractivity contribution in [1.82, 2.24) is 66.0 Å². The molecule has 11 amide bonds. The molecule has 0 bridgehead atoms. The molecule has 26 nitrogen and oxygen atoms in total. The van der Waals surface area contributed by atoms with Gasteiger partial charge in [-0.3, -0.25) is 63.1 Å². The van der Waals surface area contributed by atoms with Gasteiger partial charge in [0, 0.05) is 62.4 Å². The quantitative estimate of drug-likeness (QED) is 0.0750. The first-order chi connectivity index (χ1) is 44.7. The van der Waals surface area contributed by atoms with E-state index in [9.17, 15) is 33.9 Å². The molecule has 550 valence electrons. The lowest BCUT2D eigenvalue weighted by Gasteiger charge is -2.41. The number of nitrogens with zero attached hydrogens (tertiary/aromatic N) is 8. The number of hydrogen-bond acceptors (Lipinski definition) is 16. The van der Waals surface area contributed by atoms with Crippen LogP contribution in [0.25, 0.3) is 0 Å². The summed E-state index contributed by atoms with van der Waals surface area (Å²) >= 11 is 1.22. The van der Waals surface area contributed by atoms with Crippen molar-refractivity contribution in [3.8, 4) is 0 Å². The number of hydrogen-bond donors (Lipinski definition) is 6. The van der Waals surface area contributed by atoms with Gasteiger partial charge in [-0.1, -0.05) is 109 Å². The van der Waals surface area contributed by atoms with Crippen LogP contribution in [0.1, 0.15) is 163 Å². The summed E-state index contributed by atoms with van der Waals surface area (Å²) in [6.45, 7) is 33.5. The minimum atomic E-state index is -1.61. The Labute approximate surface area is 578 Å². The molecule has 0 aromatic rings. The van der Waals surface area contributed by atoms with E-state index in [4.69, 9.17) is 4.74 Å². The number of thioether (sulfide) groups is 1. The van der Waals surface area contributed by atoms with Crippen LogP contribution in [0.3, 0.4) is 0 Å². The Kier molecular flexibility index (Phi) is 36.7. The van der Waals surface area contributed by atoms with Crippen LogP contribution in [0.4, 0.5) is 0 Å². The van der Waals surface area contributed by atoms with E-state index in [2.05, 4.69) is 31.7 Å². The number of carbonyl (C=O) groups excluding carboxylic acids is 11. The highest BCUT2D eigenvalue weighted by Gasteiger charge is 2.46. The van der Waals surface area contributed by atoms with Crippen molar-refractivity contribution < 1.29 is 62.6 Å². The topological polar surface area (TPSA) is 303 Å². The zero-order chi connectivity index (χ0) is 73.5. The number of carbonyl (C=O) groups is 11. The van der Waals surface area contributed by atoms with Crippen molar-refractivity contribution in [2.45, 2.75) is 235 Å². The van der Waals surface area contributed by atoms with Crippen molar-refractivity contribution in [2.24, 2.45) is 41.4 Å². The van der Waals surface area contributed by atoms with Gasteiger partial charge in [-0.15, -0.1) is 11.8 Å². The van der Waals surface area contributed by atoms with Gasteiger partial charge in [-0.2, -0.15) is 0 Å². The Hall–Kier alpha value is -5.90. The molecule has 6 N–H and O–H groups in total. The third kappa shape index (κ3) is 24.8. The first kappa shape index (κ1) is 86.2.